The van der Waals surface area contributed by atoms with E-state index < -0.39 is 15.1 Å². The average molecular weight is 687 g/mol. The fourth-order valence-electron chi connectivity index (χ4n) is 6.68. The van der Waals surface area contributed by atoms with Crippen molar-refractivity contribution < 1.29 is 18.3 Å². The minimum Gasteiger partial charge on any atom is -0.488 e. The van der Waals surface area contributed by atoms with Crippen LogP contribution in [0.5, 0.6) is 5.75 Å². The van der Waals surface area contributed by atoms with Crippen LogP contribution in [0.15, 0.2) is 29.6 Å². The predicted octanol–water partition coefficient (Wildman–Crippen LogP) is 5.36. The molecule has 12 nitrogen and oxygen atoms in total. The highest BCUT2D eigenvalue weighted by atomic mass is 35.5. The Morgan fingerprint density at radius 2 is 1.70 bits per heavy atom. The van der Waals surface area contributed by atoms with Crippen molar-refractivity contribution >= 4 is 44.6 Å². The second kappa shape index (κ2) is 13.9. The van der Waals surface area contributed by atoms with Gasteiger partial charge < -0.3 is 20.5 Å². The Bertz CT molecular complexity index is 1680. The van der Waals surface area contributed by atoms with E-state index in [1.165, 1.54) is 34.8 Å². The first-order valence-electron chi connectivity index (χ1n) is 16.7. The SMILES string of the molecule is Cc1cc(Nc2ncc(Cl)c(Nc3cn(C)nc3S(=O)(=O)C(C)C)n2)c(OC2CC2)cc1C1CCC(N2CCN(C(C)O)CC2)CC1. The molecule has 1 unspecified atom stereocenters. The lowest BCUT2D eigenvalue weighted by Gasteiger charge is -2.43. The molecular formula is C33H47ClN8O4S. The lowest BCUT2D eigenvalue weighted by molar-refractivity contribution is -0.0248. The van der Waals surface area contributed by atoms with Crippen LogP contribution in [0.1, 0.15) is 76.3 Å². The number of rotatable bonds is 11. The van der Waals surface area contributed by atoms with Gasteiger partial charge in [0.2, 0.25) is 20.8 Å². The molecule has 3 aliphatic rings. The van der Waals surface area contributed by atoms with Gasteiger partial charge in [-0.25, -0.2) is 13.4 Å². The van der Waals surface area contributed by atoms with Crippen molar-refractivity contribution in [2.75, 3.05) is 36.8 Å². The first kappa shape index (κ1) is 33.9. The Morgan fingerprint density at radius 1 is 1.00 bits per heavy atom. The van der Waals surface area contributed by atoms with E-state index in [1.54, 1.807) is 27.1 Å². The van der Waals surface area contributed by atoms with Gasteiger partial charge in [0.25, 0.3) is 0 Å². The first-order valence-corrected chi connectivity index (χ1v) is 18.6. The van der Waals surface area contributed by atoms with Crippen LogP contribution in [-0.4, -0.2) is 92.9 Å². The van der Waals surface area contributed by atoms with Gasteiger partial charge in [0, 0.05) is 45.5 Å². The predicted molar refractivity (Wildman–Crippen MR) is 184 cm³/mol. The van der Waals surface area contributed by atoms with Crippen LogP contribution in [0.25, 0.3) is 0 Å². The summed E-state index contributed by atoms with van der Waals surface area (Å²) in [5.74, 6) is 1.83. The molecule has 3 fully saturated rings. The van der Waals surface area contributed by atoms with Gasteiger partial charge in [-0.15, -0.1) is 0 Å². The fourth-order valence-corrected chi connectivity index (χ4v) is 7.92. The molecule has 47 heavy (non-hydrogen) atoms. The van der Waals surface area contributed by atoms with Gasteiger partial charge in [0.05, 0.1) is 28.9 Å². The van der Waals surface area contributed by atoms with Crippen LogP contribution >= 0.6 is 11.6 Å². The largest absolute Gasteiger partial charge is 0.488 e. The number of hydrogen-bond donors (Lipinski definition) is 3. The third kappa shape index (κ3) is 7.69. The minimum atomic E-state index is -3.65. The van der Waals surface area contributed by atoms with E-state index in [0.717, 1.165) is 63.3 Å². The zero-order chi connectivity index (χ0) is 33.5. The molecule has 3 aromatic rings. The van der Waals surface area contributed by atoms with E-state index in [9.17, 15) is 13.5 Å². The fraction of sp³-hybridized carbons (Fsp3) is 0.606. The normalized spacial score (nSPS) is 22.0. The van der Waals surface area contributed by atoms with E-state index in [4.69, 9.17) is 16.3 Å². The molecular weight excluding hydrogens is 640 g/mol. The van der Waals surface area contributed by atoms with Gasteiger partial charge >= 0.3 is 0 Å². The van der Waals surface area contributed by atoms with E-state index in [1.807, 2.05) is 6.92 Å². The summed E-state index contributed by atoms with van der Waals surface area (Å²) in [5.41, 5.74) is 3.59. The van der Waals surface area contributed by atoms with Crippen LogP contribution in [0.2, 0.25) is 5.02 Å². The number of halogens is 1. The molecule has 14 heteroatoms. The number of hydrogen-bond acceptors (Lipinski definition) is 11. The molecule has 1 atom stereocenters. The Labute approximate surface area is 282 Å². The molecule has 0 bridgehead atoms. The van der Waals surface area contributed by atoms with Gasteiger partial charge in [-0.2, -0.15) is 10.1 Å². The highest BCUT2D eigenvalue weighted by Crippen LogP contribution is 2.42. The maximum atomic E-state index is 13.0. The summed E-state index contributed by atoms with van der Waals surface area (Å²) >= 11 is 6.47. The maximum Gasteiger partial charge on any atom is 0.229 e. The number of piperazine rings is 1. The number of nitrogens with zero attached hydrogens (tertiary/aromatic N) is 6. The van der Waals surface area contributed by atoms with Crippen LogP contribution in [0.3, 0.4) is 0 Å². The highest BCUT2D eigenvalue weighted by molar-refractivity contribution is 7.92. The van der Waals surface area contributed by atoms with Crippen molar-refractivity contribution in [3.8, 4) is 5.75 Å². The zero-order valence-electron chi connectivity index (χ0n) is 27.9. The number of benzene rings is 1. The number of aliphatic hydroxyl groups is 1. The Morgan fingerprint density at radius 3 is 2.34 bits per heavy atom. The summed E-state index contributed by atoms with van der Waals surface area (Å²) in [6, 6.07) is 4.92. The molecule has 2 aromatic heterocycles. The van der Waals surface area contributed by atoms with E-state index >= 15 is 0 Å². The third-order valence-electron chi connectivity index (χ3n) is 9.65. The Kier molecular flexibility index (Phi) is 10.0. The van der Waals surface area contributed by atoms with Crippen LogP contribution in [0.4, 0.5) is 23.1 Å². The number of aryl methyl sites for hydroxylation is 2. The number of ether oxygens (including phenoxy) is 1. The summed E-state index contributed by atoms with van der Waals surface area (Å²) < 4.78 is 33.8. The van der Waals surface area contributed by atoms with Crippen molar-refractivity contribution in [2.45, 2.75) is 101 Å². The number of sulfone groups is 1. The summed E-state index contributed by atoms with van der Waals surface area (Å²) in [6.45, 7) is 11.1. The number of aromatic nitrogens is 4. The second-order valence-corrected chi connectivity index (χ2v) is 16.3. The molecule has 1 saturated heterocycles. The molecule has 1 aromatic carbocycles. The molecule has 3 N–H and O–H groups in total. The van der Waals surface area contributed by atoms with Gasteiger partial charge in [-0.1, -0.05) is 11.6 Å². The summed E-state index contributed by atoms with van der Waals surface area (Å²) in [5, 5.41) is 20.1. The minimum absolute atomic E-state index is 0.0570. The highest BCUT2D eigenvalue weighted by Gasteiger charge is 2.32. The third-order valence-corrected chi connectivity index (χ3v) is 12.0. The topological polar surface area (TPSA) is 138 Å². The number of aliphatic hydroxyl groups excluding tert-OH is 1. The summed E-state index contributed by atoms with van der Waals surface area (Å²) in [6.07, 6.45) is 9.59. The molecule has 0 spiro atoms. The standard InChI is InChI=1S/C33H47ClN8O4S/c1-20(2)47(44,45)32-29(19-40(5)39-32)36-31-27(34)18-35-33(38-31)37-28-16-21(3)26(17-30(28)46-25-10-11-25)23-6-8-24(9-7-23)42-14-12-41(13-15-42)22(4)43/h16-20,22-25,43H,6-15H2,1-5H3,(H2,35,36,37,38). The van der Waals surface area contributed by atoms with Crippen LogP contribution in [0, 0.1) is 6.92 Å². The molecule has 6 rings (SSSR count). The first-order chi connectivity index (χ1) is 22.4. The Hall–Kier alpha value is -2.97. The summed E-state index contributed by atoms with van der Waals surface area (Å²) in [4.78, 5) is 13.8. The lowest BCUT2D eigenvalue weighted by atomic mass is 9.79. The molecule has 256 valence electrons. The van der Waals surface area contributed by atoms with E-state index in [0.29, 0.717) is 23.6 Å². The van der Waals surface area contributed by atoms with Crippen molar-refractivity contribution in [1.82, 2.24) is 29.5 Å². The Balaban J connectivity index is 1.18. The van der Waals surface area contributed by atoms with Gasteiger partial charge in [0.15, 0.2) is 5.82 Å². The maximum absolute atomic E-state index is 13.0. The van der Waals surface area contributed by atoms with Gasteiger partial charge in [0.1, 0.15) is 17.0 Å². The van der Waals surface area contributed by atoms with Crippen molar-refractivity contribution in [3.05, 3.63) is 40.7 Å². The van der Waals surface area contributed by atoms with E-state index in [2.05, 4.69) is 54.6 Å². The zero-order valence-corrected chi connectivity index (χ0v) is 29.5. The number of anilines is 4. The van der Waals surface area contributed by atoms with Gasteiger partial charge in [-0.3, -0.25) is 14.5 Å². The van der Waals surface area contributed by atoms with Crippen LogP contribution < -0.4 is 15.4 Å². The van der Waals surface area contributed by atoms with Crippen molar-refractivity contribution in [3.63, 3.8) is 0 Å². The quantitative estimate of drug-likeness (QED) is 0.240. The second-order valence-electron chi connectivity index (χ2n) is 13.5. The average Bonchev–Trinajstić information content (AvgIpc) is 3.78. The molecule has 0 radical (unpaired) electrons. The summed E-state index contributed by atoms with van der Waals surface area (Å²) in [7, 11) is -1.98. The van der Waals surface area contributed by atoms with Crippen molar-refractivity contribution in [2.24, 2.45) is 7.05 Å². The monoisotopic (exact) mass is 686 g/mol. The molecule has 3 heterocycles. The molecule has 0 amide bonds. The smallest absolute Gasteiger partial charge is 0.229 e. The molecule has 2 saturated carbocycles. The van der Waals surface area contributed by atoms with Crippen molar-refractivity contribution in [1.29, 1.82) is 0 Å². The molecule has 2 aliphatic carbocycles. The number of nitrogens with one attached hydrogen (secondary N) is 2. The van der Waals surface area contributed by atoms with Gasteiger partial charge in [-0.05, 0) is 95.4 Å². The van der Waals surface area contributed by atoms with Crippen LogP contribution in [-0.2, 0) is 16.9 Å². The van der Waals surface area contributed by atoms with E-state index in [-0.39, 0.29) is 28.2 Å². The lowest BCUT2D eigenvalue weighted by Crippen LogP contribution is -2.53. The molecule has 1 aliphatic heterocycles.